The predicted molar refractivity (Wildman–Crippen MR) is 134 cm³/mol. The molecule has 0 heterocycles. The summed E-state index contributed by atoms with van der Waals surface area (Å²) in [5, 5.41) is 4.19. The minimum atomic E-state index is -2.56. The van der Waals surface area contributed by atoms with Crippen molar-refractivity contribution in [2.75, 3.05) is 0 Å². The van der Waals surface area contributed by atoms with E-state index in [9.17, 15) is 13.2 Å². The lowest BCUT2D eigenvalue weighted by Gasteiger charge is -2.18. The third-order valence-electron chi connectivity index (χ3n) is 4.76. The van der Waals surface area contributed by atoms with E-state index in [2.05, 4.69) is 107 Å². The number of benzene rings is 4. The quantitative estimate of drug-likeness (QED) is 0.189. The van der Waals surface area contributed by atoms with Crippen LogP contribution in [-0.2, 0) is 0 Å². The van der Waals surface area contributed by atoms with E-state index in [1.54, 1.807) is 6.92 Å². The first-order valence-electron chi connectivity index (χ1n) is 10.1. The van der Waals surface area contributed by atoms with E-state index in [-0.39, 0.29) is 10.4 Å². The Morgan fingerprint density at radius 1 is 0.625 bits per heavy atom. The Balaban J connectivity index is 0.000000195. The number of hydrogen-bond acceptors (Lipinski definition) is 0. The molecule has 0 nitrogen and oxygen atoms in total. The van der Waals surface area contributed by atoms with Crippen molar-refractivity contribution in [2.45, 2.75) is 18.2 Å². The van der Waals surface area contributed by atoms with Gasteiger partial charge in [0.15, 0.2) is 0 Å². The third kappa shape index (κ3) is 6.54. The maximum Gasteiger partial charge on any atom is 0.264 e. The van der Waals surface area contributed by atoms with Crippen molar-refractivity contribution < 1.29 is 13.2 Å². The number of rotatable bonds is 5. The van der Waals surface area contributed by atoms with Crippen molar-refractivity contribution in [1.29, 1.82) is 0 Å². The van der Waals surface area contributed by atoms with E-state index in [1.807, 2.05) is 0 Å². The maximum absolute atomic E-state index is 12.7. The smallest absolute Gasteiger partial charge is 0.207 e. The van der Waals surface area contributed by atoms with Crippen molar-refractivity contribution >= 4 is 39.8 Å². The number of alkyl halides is 3. The van der Waals surface area contributed by atoms with Gasteiger partial charge in [0.2, 0.25) is 0 Å². The number of hydrogen-bond donors (Lipinski definition) is 0. The molecule has 0 bridgehead atoms. The molecule has 1 unspecified atom stereocenters. The molecular formula is C27H23BrF3P. The van der Waals surface area contributed by atoms with Gasteiger partial charge in [0, 0.05) is 10.4 Å². The molecule has 0 aromatic heterocycles. The van der Waals surface area contributed by atoms with E-state index < -0.39 is 20.2 Å². The van der Waals surface area contributed by atoms with Crippen molar-refractivity contribution in [3.63, 3.8) is 0 Å². The van der Waals surface area contributed by atoms with Crippen LogP contribution in [0.2, 0.25) is 0 Å². The molecule has 0 spiro atoms. The van der Waals surface area contributed by atoms with E-state index in [1.165, 1.54) is 15.9 Å². The van der Waals surface area contributed by atoms with Crippen molar-refractivity contribution in [3.05, 3.63) is 126 Å². The summed E-state index contributed by atoms with van der Waals surface area (Å²) in [6.45, 7) is 1.68. The molecule has 4 rings (SSSR count). The van der Waals surface area contributed by atoms with E-state index in [0.29, 0.717) is 5.56 Å². The number of halogens is 4. The Bertz CT molecular complexity index is 994. The highest BCUT2D eigenvalue weighted by Gasteiger charge is 2.16. The van der Waals surface area contributed by atoms with E-state index in [4.69, 9.17) is 0 Å². The van der Waals surface area contributed by atoms with Crippen molar-refractivity contribution in [2.24, 2.45) is 0 Å². The van der Waals surface area contributed by atoms with Gasteiger partial charge >= 0.3 is 0 Å². The second-order valence-electron chi connectivity index (χ2n) is 7.03. The molecule has 1 atom stereocenters. The van der Waals surface area contributed by atoms with Crippen LogP contribution in [0.15, 0.2) is 109 Å². The van der Waals surface area contributed by atoms with Gasteiger partial charge in [0.05, 0.1) is 0 Å². The van der Waals surface area contributed by atoms with Gasteiger partial charge in [-0.05, 0) is 48.5 Å². The minimum absolute atomic E-state index is 0.120. The van der Waals surface area contributed by atoms with E-state index >= 15 is 0 Å². The Kier molecular flexibility index (Phi) is 9.08. The molecule has 4 aromatic carbocycles. The lowest BCUT2D eigenvalue weighted by Crippen LogP contribution is -2.20. The lowest BCUT2D eigenvalue weighted by atomic mass is 10.1. The zero-order chi connectivity index (χ0) is 22.9. The van der Waals surface area contributed by atoms with Crippen molar-refractivity contribution in [3.8, 4) is 0 Å². The van der Waals surface area contributed by atoms with Crippen LogP contribution in [0.3, 0.4) is 0 Å². The van der Waals surface area contributed by atoms with Crippen LogP contribution in [0.5, 0.6) is 0 Å². The largest absolute Gasteiger partial charge is 0.264 e. The third-order valence-corrected chi connectivity index (χ3v) is 7.69. The molecule has 5 heteroatoms. The lowest BCUT2D eigenvalue weighted by molar-refractivity contribution is 0.150. The summed E-state index contributed by atoms with van der Waals surface area (Å²) in [5.41, 5.74) is 0.181. The average Bonchev–Trinajstić information content (AvgIpc) is 2.81. The van der Waals surface area contributed by atoms with Crippen LogP contribution < -0.4 is 15.9 Å². The normalized spacial score (nSPS) is 11.7. The maximum atomic E-state index is 12.7. The molecule has 0 saturated heterocycles. The van der Waals surface area contributed by atoms with Gasteiger partial charge in [-0.2, -0.15) is 0 Å². The summed E-state index contributed by atoms with van der Waals surface area (Å²) >= 11 is 3.14. The van der Waals surface area contributed by atoms with Crippen LogP contribution in [-0.4, -0.2) is 0 Å². The highest BCUT2D eigenvalue weighted by molar-refractivity contribution is 9.09. The first kappa shape index (κ1) is 24.2. The van der Waals surface area contributed by atoms with Crippen LogP contribution in [0.25, 0.3) is 0 Å². The van der Waals surface area contributed by atoms with Crippen LogP contribution in [0.1, 0.15) is 29.3 Å². The summed E-state index contributed by atoms with van der Waals surface area (Å²) in [4.78, 5) is -0.271. The Morgan fingerprint density at radius 2 is 1.03 bits per heavy atom. The van der Waals surface area contributed by atoms with Gasteiger partial charge in [0.1, 0.15) is 5.82 Å². The van der Waals surface area contributed by atoms with Crippen molar-refractivity contribution in [1.82, 2.24) is 0 Å². The summed E-state index contributed by atoms with van der Waals surface area (Å²) in [6, 6.07) is 35.6. The highest BCUT2D eigenvalue weighted by Crippen LogP contribution is 2.33. The summed E-state index contributed by atoms with van der Waals surface area (Å²) < 4.78 is 37.5. The summed E-state index contributed by atoms with van der Waals surface area (Å²) in [7, 11) is -0.446. The van der Waals surface area contributed by atoms with Gasteiger partial charge < -0.3 is 0 Å². The van der Waals surface area contributed by atoms with Gasteiger partial charge in [0.25, 0.3) is 6.43 Å². The van der Waals surface area contributed by atoms with Crippen LogP contribution in [0.4, 0.5) is 13.2 Å². The van der Waals surface area contributed by atoms with Gasteiger partial charge in [-0.15, -0.1) is 0 Å². The molecule has 0 aliphatic rings. The zero-order valence-corrected chi connectivity index (χ0v) is 20.0. The molecule has 0 saturated carbocycles. The molecule has 0 amide bonds. The van der Waals surface area contributed by atoms with E-state index in [0.717, 1.165) is 18.2 Å². The predicted octanol–water partition coefficient (Wildman–Crippen LogP) is 7.66. The first-order chi connectivity index (χ1) is 15.5. The molecule has 0 aliphatic carbocycles. The Labute approximate surface area is 197 Å². The fraction of sp³-hybridized carbons (Fsp3) is 0.111. The molecule has 0 N–H and O–H groups in total. The minimum Gasteiger partial charge on any atom is -0.207 e. The summed E-state index contributed by atoms with van der Waals surface area (Å²) in [6.07, 6.45) is -2.56. The first-order valence-corrected chi connectivity index (χ1v) is 12.4. The highest BCUT2D eigenvalue weighted by atomic mass is 79.9. The van der Waals surface area contributed by atoms with Gasteiger partial charge in [-0.3, -0.25) is 0 Å². The fourth-order valence-electron chi connectivity index (χ4n) is 3.27. The van der Waals surface area contributed by atoms with Gasteiger partial charge in [-0.1, -0.05) is 113 Å². The second kappa shape index (κ2) is 12.0. The fourth-order valence-corrected chi connectivity index (χ4v) is 5.97. The standard InChI is InChI=1S/C18H15P.C9H8BrF3/c1-4-10-16(11-5-1)19(17-12-6-2-7-13-17)18-14-8-3-9-15-18;1-5(10)8-4-6(11)2-3-7(8)9(12)13/h1-15H;2-5,9H,1H3. The second-order valence-corrected chi connectivity index (χ2v) is 10.6. The molecule has 164 valence electrons. The topological polar surface area (TPSA) is 0 Å². The van der Waals surface area contributed by atoms with Gasteiger partial charge in [-0.25, -0.2) is 13.2 Å². The monoisotopic (exact) mass is 514 g/mol. The Morgan fingerprint density at radius 3 is 1.38 bits per heavy atom. The molecule has 0 radical (unpaired) electrons. The molecule has 0 fully saturated rings. The molecule has 0 aliphatic heterocycles. The molecular weight excluding hydrogens is 492 g/mol. The molecule has 4 aromatic rings. The zero-order valence-electron chi connectivity index (χ0n) is 17.5. The Hall–Kier alpha value is -2.42. The summed E-state index contributed by atoms with van der Waals surface area (Å²) in [5.74, 6) is -0.495. The van der Waals surface area contributed by atoms with Crippen LogP contribution in [0, 0.1) is 5.82 Å². The van der Waals surface area contributed by atoms with Crippen LogP contribution >= 0.6 is 23.9 Å². The molecule has 32 heavy (non-hydrogen) atoms. The average molecular weight is 515 g/mol. The SMILES string of the molecule is CC(Br)c1cc(F)ccc1C(F)F.c1ccc(P(c2ccccc2)c2ccccc2)cc1.